The van der Waals surface area contributed by atoms with Gasteiger partial charge < -0.3 is 4.43 Å². The molecule has 0 aliphatic heterocycles. The van der Waals surface area contributed by atoms with Gasteiger partial charge in [-0.05, 0) is 37.0 Å². The topological polar surface area (TPSA) is 9.23 Å². The summed E-state index contributed by atoms with van der Waals surface area (Å²) in [6.07, 6.45) is 2.64. The molecule has 78 valence electrons. The van der Waals surface area contributed by atoms with E-state index < -0.39 is 0 Å². The summed E-state index contributed by atoms with van der Waals surface area (Å²) in [5.74, 6) is 0. The van der Waals surface area contributed by atoms with E-state index in [0.29, 0.717) is 6.10 Å². The van der Waals surface area contributed by atoms with Gasteiger partial charge in [0.25, 0.3) is 0 Å². The van der Waals surface area contributed by atoms with Crippen LogP contribution in [-0.4, -0.2) is 10.5 Å². The average Bonchev–Trinajstić information content (AvgIpc) is 2.19. The lowest BCUT2D eigenvalue weighted by Crippen LogP contribution is -2.04. The Bertz CT molecular complexity index is 296. The number of aryl methyl sites for hydroxylation is 1. The molecule has 14 heavy (non-hydrogen) atoms. The molecule has 2 heteroatoms. The molecule has 0 heterocycles. The first-order valence-corrected chi connectivity index (χ1v) is 6.11. The maximum Gasteiger partial charge on any atom is 0.146 e. The second kappa shape index (κ2) is 5.32. The van der Waals surface area contributed by atoms with Crippen LogP contribution in [0.5, 0.6) is 0 Å². The lowest BCUT2D eigenvalue weighted by Gasteiger charge is -2.18. The molecule has 1 aromatic rings. The van der Waals surface area contributed by atoms with E-state index >= 15 is 0 Å². The number of hydrogen-bond donors (Lipinski definition) is 0. The summed E-state index contributed by atoms with van der Waals surface area (Å²) in [6.45, 7) is 6.56. The van der Waals surface area contributed by atoms with Crippen molar-refractivity contribution in [2.75, 3.05) is 0 Å². The van der Waals surface area contributed by atoms with Crippen molar-refractivity contribution in [1.29, 1.82) is 0 Å². The van der Waals surface area contributed by atoms with E-state index in [1.165, 1.54) is 23.1 Å². The molecule has 0 amide bonds. The molecule has 0 saturated heterocycles. The molecule has 1 rings (SSSR count). The molecule has 0 aliphatic rings. The lowest BCUT2D eigenvalue weighted by atomic mass is 9.97. The van der Waals surface area contributed by atoms with E-state index in [1.54, 1.807) is 0 Å². The molecule has 0 saturated carbocycles. The summed E-state index contributed by atoms with van der Waals surface area (Å²) in [4.78, 5) is 0. The van der Waals surface area contributed by atoms with Gasteiger partial charge in [-0.3, -0.25) is 0 Å². The third-order valence-corrected chi connectivity index (χ3v) is 3.40. The maximum absolute atomic E-state index is 5.65. The second-order valence-electron chi connectivity index (χ2n) is 3.80. The molecular weight excluding hydrogens is 188 g/mol. The van der Waals surface area contributed by atoms with Crippen LogP contribution < -0.4 is 0 Å². The minimum absolute atomic E-state index is 0.326. The van der Waals surface area contributed by atoms with Gasteiger partial charge in [0.1, 0.15) is 10.5 Å². The van der Waals surface area contributed by atoms with E-state index in [1.807, 2.05) is 0 Å². The smallest absolute Gasteiger partial charge is 0.146 e. The van der Waals surface area contributed by atoms with E-state index in [9.17, 15) is 0 Å². The summed E-state index contributed by atoms with van der Waals surface area (Å²) in [5.41, 5.74) is 4.13. The van der Waals surface area contributed by atoms with Gasteiger partial charge in [0.15, 0.2) is 0 Å². The highest BCUT2D eigenvalue weighted by molar-refractivity contribution is 5.98. The first-order valence-electron chi connectivity index (χ1n) is 5.29. The van der Waals surface area contributed by atoms with Crippen LogP contribution in [0.25, 0.3) is 0 Å². The molecule has 1 aromatic carbocycles. The first kappa shape index (κ1) is 11.5. The Morgan fingerprint density at radius 2 is 2.07 bits per heavy atom. The Balaban J connectivity index is 2.97. The fraction of sp³-hybridized carbons (Fsp3) is 0.500. The van der Waals surface area contributed by atoms with Crippen molar-refractivity contribution in [3.05, 3.63) is 34.9 Å². The Morgan fingerprint density at radius 3 is 2.64 bits per heavy atom. The van der Waals surface area contributed by atoms with Crippen molar-refractivity contribution in [3.63, 3.8) is 0 Å². The van der Waals surface area contributed by atoms with Crippen molar-refractivity contribution in [2.45, 2.75) is 39.7 Å². The molecule has 0 aromatic heterocycles. The predicted octanol–water partition coefficient (Wildman–Crippen LogP) is 2.44. The minimum Gasteiger partial charge on any atom is -0.421 e. The zero-order valence-electron chi connectivity index (χ0n) is 9.63. The van der Waals surface area contributed by atoms with Crippen LogP contribution >= 0.6 is 0 Å². The Morgan fingerprint density at radius 1 is 1.36 bits per heavy atom. The van der Waals surface area contributed by atoms with Crippen LogP contribution in [0, 0.1) is 13.8 Å². The van der Waals surface area contributed by atoms with Gasteiger partial charge in [-0.2, -0.15) is 0 Å². The largest absolute Gasteiger partial charge is 0.421 e. The van der Waals surface area contributed by atoms with Crippen LogP contribution in [0.2, 0.25) is 0 Å². The average molecular weight is 208 g/mol. The highest BCUT2D eigenvalue weighted by atomic mass is 28.2. The van der Waals surface area contributed by atoms with Crippen molar-refractivity contribution in [3.8, 4) is 0 Å². The van der Waals surface area contributed by atoms with Crippen LogP contribution in [0.1, 0.15) is 42.6 Å². The van der Waals surface area contributed by atoms with Gasteiger partial charge in [-0.25, -0.2) is 0 Å². The Labute approximate surface area is 90.0 Å². The van der Waals surface area contributed by atoms with Gasteiger partial charge in [0.05, 0.1) is 6.10 Å². The summed E-state index contributed by atoms with van der Waals surface area (Å²) < 4.78 is 5.65. The summed E-state index contributed by atoms with van der Waals surface area (Å²) in [6, 6.07) is 6.48. The fourth-order valence-electron chi connectivity index (χ4n) is 1.79. The predicted molar refractivity (Wildman–Crippen MR) is 64.6 cm³/mol. The third kappa shape index (κ3) is 2.46. The number of benzene rings is 1. The van der Waals surface area contributed by atoms with Crippen molar-refractivity contribution in [1.82, 2.24) is 0 Å². The number of hydrogen-bond acceptors (Lipinski definition) is 1. The summed E-state index contributed by atoms with van der Waals surface area (Å²) in [7, 11) is 0.817. The Hall–Kier alpha value is -0.603. The maximum atomic E-state index is 5.65. The highest BCUT2D eigenvalue weighted by Crippen LogP contribution is 2.26. The molecule has 0 aliphatic carbocycles. The molecule has 1 nitrogen and oxygen atoms in total. The molecule has 0 N–H and O–H groups in total. The lowest BCUT2D eigenvalue weighted by molar-refractivity contribution is 0.213. The first-order chi connectivity index (χ1) is 6.70. The van der Waals surface area contributed by atoms with Gasteiger partial charge >= 0.3 is 0 Å². The van der Waals surface area contributed by atoms with Gasteiger partial charge in [-0.1, -0.05) is 31.5 Å². The molecule has 0 spiro atoms. The van der Waals surface area contributed by atoms with Crippen molar-refractivity contribution >= 4 is 10.5 Å². The Kier molecular flexibility index (Phi) is 4.36. The summed E-state index contributed by atoms with van der Waals surface area (Å²) >= 11 is 0. The van der Waals surface area contributed by atoms with Crippen molar-refractivity contribution < 1.29 is 4.43 Å². The van der Waals surface area contributed by atoms with Crippen LogP contribution in [0.4, 0.5) is 0 Å². The van der Waals surface area contributed by atoms with Gasteiger partial charge in [-0.15, -0.1) is 0 Å². The van der Waals surface area contributed by atoms with E-state index in [4.69, 9.17) is 4.43 Å². The second-order valence-corrected chi connectivity index (χ2v) is 4.27. The molecular formula is C12H20OSi. The van der Waals surface area contributed by atoms with Crippen molar-refractivity contribution in [2.24, 2.45) is 0 Å². The van der Waals surface area contributed by atoms with E-state index in [2.05, 4.69) is 39.0 Å². The highest BCUT2D eigenvalue weighted by Gasteiger charge is 2.11. The molecule has 0 bridgehead atoms. The molecule has 0 fully saturated rings. The number of rotatable bonds is 4. The normalized spacial score (nSPS) is 13.1. The van der Waals surface area contributed by atoms with Crippen LogP contribution in [-0.2, 0) is 4.43 Å². The third-order valence-electron chi connectivity index (χ3n) is 2.83. The van der Waals surface area contributed by atoms with E-state index in [-0.39, 0.29) is 0 Å². The molecule has 1 unspecified atom stereocenters. The summed E-state index contributed by atoms with van der Waals surface area (Å²) in [5, 5.41) is 0. The van der Waals surface area contributed by atoms with Crippen LogP contribution in [0.15, 0.2) is 18.2 Å². The molecule has 0 radical (unpaired) electrons. The fourth-order valence-corrected chi connectivity index (χ4v) is 2.27. The molecule has 1 atom stereocenters. The standard InChI is InChI=1S/C12H20OSi/c1-4-6-12(13-14)11-8-5-7-9(2)10(11)3/h5,7-8,12H,4,6H2,1-3,14H3. The SMILES string of the molecule is CCCC(O[SiH3])c1cccc(C)c1C. The van der Waals surface area contributed by atoms with E-state index in [0.717, 1.165) is 16.9 Å². The zero-order chi connectivity index (χ0) is 10.6. The quantitative estimate of drug-likeness (QED) is 0.691. The monoisotopic (exact) mass is 208 g/mol. The minimum atomic E-state index is 0.326. The van der Waals surface area contributed by atoms with Gasteiger partial charge in [0, 0.05) is 0 Å². The van der Waals surface area contributed by atoms with Gasteiger partial charge in [0.2, 0.25) is 0 Å². The van der Waals surface area contributed by atoms with Crippen LogP contribution in [0.3, 0.4) is 0 Å². The zero-order valence-corrected chi connectivity index (χ0v) is 11.6.